The van der Waals surface area contributed by atoms with Crippen LogP contribution in [0.25, 0.3) is 0 Å². The van der Waals surface area contributed by atoms with Gasteiger partial charge in [-0.3, -0.25) is 9.69 Å². The summed E-state index contributed by atoms with van der Waals surface area (Å²) in [5, 5.41) is 11.3. The van der Waals surface area contributed by atoms with Gasteiger partial charge in [0.05, 0.1) is 32.1 Å². The maximum Gasteiger partial charge on any atom is 0.162 e. The average molecular weight is 651 g/mol. The largest absolute Gasteiger partial charge is 0.488 e. The van der Waals surface area contributed by atoms with E-state index in [0.717, 1.165) is 38.2 Å². The van der Waals surface area contributed by atoms with Gasteiger partial charge in [-0.05, 0) is 88.6 Å². The zero-order chi connectivity index (χ0) is 29.6. The summed E-state index contributed by atoms with van der Waals surface area (Å²) < 4.78 is 7.04. The van der Waals surface area contributed by atoms with Crippen LogP contribution in [0.3, 0.4) is 0 Å². The minimum atomic E-state index is -0.597. The molecule has 0 amide bonds. The lowest BCUT2D eigenvalue weighted by molar-refractivity contribution is -0.118. The van der Waals surface area contributed by atoms with Gasteiger partial charge >= 0.3 is 0 Å². The highest BCUT2D eigenvalue weighted by molar-refractivity contribution is 9.10. The van der Waals surface area contributed by atoms with Crippen LogP contribution in [0.2, 0.25) is 10.0 Å². The fourth-order valence-corrected chi connectivity index (χ4v) is 6.56. The molecule has 0 bridgehead atoms. The smallest absolute Gasteiger partial charge is 0.162 e. The molecule has 41 heavy (non-hydrogen) atoms. The molecule has 2 N–H and O–H groups in total. The fourth-order valence-electron chi connectivity index (χ4n) is 5.87. The van der Waals surface area contributed by atoms with Crippen molar-refractivity contribution in [2.75, 3.05) is 4.90 Å². The molecule has 5 rings (SSSR count). The van der Waals surface area contributed by atoms with E-state index in [1.165, 1.54) is 0 Å². The number of rotatable bonds is 5. The van der Waals surface area contributed by atoms with Crippen LogP contribution in [0.1, 0.15) is 54.9 Å². The second-order valence-electron chi connectivity index (χ2n) is 11.4. The first-order valence-corrected chi connectivity index (χ1v) is 14.8. The number of para-hydroxylation sites is 1. The summed E-state index contributed by atoms with van der Waals surface area (Å²) >= 11 is 16.2. The standard InChI is InChI=1S/C33H30BrCl2N3O2/c1-18-11-20(17-41-29-8-6-5-7-24(29)34)19(2)22(12-18)30-23(16-37)32(38)39(21-9-10-25(35)26(36)13-21)27-14-33(3,4)15-28(40)31(27)30/h5-13,30H,14-15,17,38H2,1-4H3. The number of nitrogens with zero attached hydrogens (tertiary/aromatic N) is 2. The van der Waals surface area contributed by atoms with Gasteiger partial charge in [-0.15, -0.1) is 0 Å². The molecule has 0 aromatic heterocycles. The number of allylic oxidation sites excluding steroid dienone is 3. The number of nitrogens with two attached hydrogens (primary N) is 1. The summed E-state index contributed by atoms with van der Waals surface area (Å²) in [5.74, 6) is 0.437. The number of halogens is 3. The number of carbonyl (C=O) groups excluding carboxylic acids is 1. The maximum absolute atomic E-state index is 14.0. The van der Waals surface area contributed by atoms with E-state index in [1.807, 2.05) is 49.1 Å². The molecule has 210 valence electrons. The number of nitriles is 1. The molecule has 3 aromatic rings. The summed E-state index contributed by atoms with van der Waals surface area (Å²) in [7, 11) is 0. The average Bonchev–Trinajstić information content (AvgIpc) is 2.90. The lowest BCUT2D eigenvalue weighted by Gasteiger charge is -2.44. The molecule has 1 aliphatic heterocycles. The first-order chi connectivity index (χ1) is 19.4. The predicted molar refractivity (Wildman–Crippen MR) is 168 cm³/mol. The highest BCUT2D eigenvalue weighted by Gasteiger charge is 2.45. The van der Waals surface area contributed by atoms with Crippen molar-refractivity contribution in [3.05, 3.63) is 114 Å². The van der Waals surface area contributed by atoms with Crippen molar-refractivity contribution >= 4 is 50.6 Å². The van der Waals surface area contributed by atoms with E-state index in [4.69, 9.17) is 33.7 Å². The topological polar surface area (TPSA) is 79.3 Å². The van der Waals surface area contributed by atoms with Crippen molar-refractivity contribution in [1.29, 1.82) is 5.26 Å². The monoisotopic (exact) mass is 649 g/mol. The summed E-state index contributed by atoms with van der Waals surface area (Å²) in [6.07, 6.45) is 0.978. The van der Waals surface area contributed by atoms with E-state index >= 15 is 0 Å². The Morgan fingerprint density at radius 2 is 1.83 bits per heavy atom. The summed E-state index contributed by atoms with van der Waals surface area (Å²) in [5.41, 5.74) is 12.7. The maximum atomic E-state index is 14.0. The lowest BCUT2D eigenvalue weighted by Crippen LogP contribution is -2.42. The third-order valence-electron chi connectivity index (χ3n) is 7.77. The summed E-state index contributed by atoms with van der Waals surface area (Å²) in [4.78, 5) is 15.8. The van der Waals surface area contributed by atoms with Gasteiger partial charge in [-0.2, -0.15) is 5.26 Å². The molecule has 0 radical (unpaired) electrons. The molecule has 2 aliphatic rings. The Morgan fingerprint density at radius 3 is 2.51 bits per heavy atom. The molecule has 1 unspecified atom stereocenters. The molecule has 0 spiro atoms. The zero-order valence-corrected chi connectivity index (χ0v) is 26.4. The summed E-state index contributed by atoms with van der Waals surface area (Å²) in [6, 6.07) is 19.4. The van der Waals surface area contributed by atoms with Crippen LogP contribution < -0.4 is 15.4 Å². The zero-order valence-electron chi connectivity index (χ0n) is 23.3. The number of aryl methyl sites for hydroxylation is 1. The Hall–Kier alpha value is -3.24. The van der Waals surface area contributed by atoms with E-state index in [1.54, 1.807) is 12.1 Å². The highest BCUT2D eigenvalue weighted by Crippen LogP contribution is 2.51. The quantitative estimate of drug-likeness (QED) is 0.298. The number of hydrogen-bond acceptors (Lipinski definition) is 5. The number of carbonyl (C=O) groups is 1. The molecule has 8 heteroatoms. The first-order valence-electron chi connectivity index (χ1n) is 13.3. The Bertz CT molecular complexity index is 1690. The number of hydrogen-bond donors (Lipinski definition) is 1. The minimum Gasteiger partial charge on any atom is -0.488 e. The molecular formula is C33H30BrCl2N3O2. The van der Waals surface area contributed by atoms with Gasteiger partial charge in [-0.25, -0.2) is 0 Å². The molecule has 1 aliphatic carbocycles. The van der Waals surface area contributed by atoms with Crippen molar-refractivity contribution < 1.29 is 9.53 Å². The predicted octanol–water partition coefficient (Wildman–Crippen LogP) is 8.89. The normalized spacial score (nSPS) is 18.3. The lowest BCUT2D eigenvalue weighted by atomic mass is 9.68. The van der Waals surface area contributed by atoms with E-state index in [-0.39, 0.29) is 17.0 Å². The Balaban J connectivity index is 1.69. The second kappa shape index (κ2) is 11.2. The Kier molecular flexibility index (Phi) is 8.00. The van der Waals surface area contributed by atoms with Crippen LogP contribution in [0.4, 0.5) is 5.69 Å². The minimum absolute atomic E-state index is 0.0125. The van der Waals surface area contributed by atoms with Gasteiger partial charge in [0.15, 0.2) is 5.78 Å². The van der Waals surface area contributed by atoms with Gasteiger partial charge in [0.2, 0.25) is 0 Å². The van der Waals surface area contributed by atoms with Gasteiger partial charge in [0, 0.05) is 23.4 Å². The van der Waals surface area contributed by atoms with Gasteiger partial charge in [0.1, 0.15) is 18.2 Å². The number of benzene rings is 3. The van der Waals surface area contributed by atoms with Crippen LogP contribution in [0.15, 0.2) is 81.7 Å². The molecule has 1 heterocycles. The van der Waals surface area contributed by atoms with E-state index in [2.05, 4.69) is 48.0 Å². The molecular weight excluding hydrogens is 621 g/mol. The van der Waals surface area contributed by atoms with Gasteiger partial charge < -0.3 is 10.5 Å². The number of ether oxygens (including phenoxy) is 1. The third kappa shape index (κ3) is 5.51. The Morgan fingerprint density at radius 1 is 1.10 bits per heavy atom. The van der Waals surface area contributed by atoms with Crippen molar-refractivity contribution in [3.63, 3.8) is 0 Å². The fraction of sp³-hybridized carbons (Fsp3) is 0.273. The molecule has 1 atom stereocenters. The highest BCUT2D eigenvalue weighted by atomic mass is 79.9. The van der Waals surface area contributed by atoms with Crippen LogP contribution in [-0.2, 0) is 11.4 Å². The van der Waals surface area contributed by atoms with Crippen molar-refractivity contribution in [3.8, 4) is 11.8 Å². The van der Waals surface area contributed by atoms with Crippen LogP contribution in [0.5, 0.6) is 5.75 Å². The molecule has 5 nitrogen and oxygen atoms in total. The van der Waals surface area contributed by atoms with Crippen LogP contribution >= 0.6 is 39.1 Å². The number of anilines is 1. The second-order valence-corrected chi connectivity index (χ2v) is 13.1. The van der Waals surface area contributed by atoms with E-state index in [0.29, 0.717) is 46.3 Å². The molecule has 3 aromatic carbocycles. The number of Topliss-reactive ketones (excluding diaryl/α,β-unsaturated/α-hetero) is 1. The SMILES string of the molecule is Cc1cc(COc2ccccc2Br)c(C)c(C2C(C#N)=C(N)N(c3ccc(Cl)c(Cl)c3)C3=C2C(=O)CC(C)(C)C3)c1. The number of ketones is 1. The molecule has 0 saturated carbocycles. The first kappa shape index (κ1) is 29.3. The van der Waals surface area contributed by atoms with Gasteiger partial charge in [0.25, 0.3) is 0 Å². The molecule has 0 saturated heterocycles. The van der Waals surface area contributed by atoms with Crippen molar-refractivity contribution in [1.82, 2.24) is 0 Å². The van der Waals surface area contributed by atoms with E-state index in [9.17, 15) is 10.1 Å². The van der Waals surface area contributed by atoms with Crippen LogP contribution in [-0.4, -0.2) is 5.78 Å². The van der Waals surface area contributed by atoms with Gasteiger partial charge in [-0.1, -0.05) is 66.9 Å². The van der Waals surface area contributed by atoms with E-state index < -0.39 is 5.92 Å². The summed E-state index contributed by atoms with van der Waals surface area (Å²) in [6.45, 7) is 8.51. The van der Waals surface area contributed by atoms with Crippen LogP contribution in [0, 0.1) is 30.6 Å². The van der Waals surface area contributed by atoms with Crippen molar-refractivity contribution in [2.24, 2.45) is 11.1 Å². The molecule has 0 fully saturated rings. The Labute approximate surface area is 259 Å². The van der Waals surface area contributed by atoms with Crippen molar-refractivity contribution in [2.45, 2.75) is 53.1 Å². The third-order valence-corrected chi connectivity index (χ3v) is 9.17.